The topological polar surface area (TPSA) is 60.2 Å². The van der Waals surface area contributed by atoms with Crippen LogP contribution in [0.15, 0.2) is 24.3 Å². The van der Waals surface area contributed by atoms with Gasteiger partial charge in [0.15, 0.2) is 11.6 Å². The van der Waals surface area contributed by atoms with E-state index < -0.39 is 0 Å². The van der Waals surface area contributed by atoms with Crippen molar-refractivity contribution >= 4 is 33.2 Å². The molecular formula is C10H10BrNO2. The molecule has 0 aliphatic heterocycles. The van der Waals surface area contributed by atoms with Crippen LogP contribution in [0.4, 0.5) is 5.69 Å². The molecule has 4 heteroatoms. The summed E-state index contributed by atoms with van der Waals surface area (Å²) in [5.74, 6) is -0.290. The van der Waals surface area contributed by atoms with Crippen molar-refractivity contribution < 1.29 is 9.59 Å². The number of nitrogens with two attached hydrogens (primary N) is 1. The van der Waals surface area contributed by atoms with Crippen molar-refractivity contribution in [1.82, 2.24) is 0 Å². The van der Waals surface area contributed by atoms with Crippen molar-refractivity contribution in [3.63, 3.8) is 0 Å². The molecular weight excluding hydrogens is 246 g/mol. The fourth-order valence-electron chi connectivity index (χ4n) is 0.997. The molecule has 3 nitrogen and oxygen atoms in total. The van der Waals surface area contributed by atoms with Crippen molar-refractivity contribution in [2.75, 3.05) is 11.1 Å². The number of anilines is 1. The molecule has 2 N–H and O–H groups in total. The van der Waals surface area contributed by atoms with E-state index in [1.807, 2.05) is 0 Å². The van der Waals surface area contributed by atoms with Gasteiger partial charge in [-0.15, -0.1) is 0 Å². The molecule has 0 fully saturated rings. The average Bonchev–Trinajstić information content (AvgIpc) is 2.18. The molecule has 0 atom stereocenters. The second kappa shape index (κ2) is 4.91. The highest BCUT2D eigenvalue weighted by Gasteiger charge is 2.09. The Morgan fingerprint density at radius 1 is 1.21 bits per heavy atom. The smallest absolute Gasteiger partial charge is 0.170 e. The van der Waals surface area contributed by atoms with Crippen molar-refractivity contribution in [3.05, 3.63) is 29.8 Å². The predicted molar refractivity (Wildman–Crippen MR) is 58.6 cm³/mol. The maximum absolute atomic E-state index is 11.4. The molecule has 0 amide bonds. The molecule has 1 aromatic carbocycles. The first kappa shape index (κ1) is 10.9. The number of ketones is 2. The zero-order chi connectivity index (χ0) is 10.6. The molecule has 0 unspecified atom stereocenters. The van der Waals surface area contributed by atoms with Crippen LogP contribution in [0.1, 0.15) is 16.8 Å². The molecule has 0 aliphatic rings. The fourth-order valence-corrected chi connectivity index (χ4v) is 1.20. The third-order valence-corrected chi connectivity index (χ3v) is 2.36. The third-order valence-electron chi connectivity index (χ3n) is 1.74. The molecule has 0 radical (unpaired) electrons. The van der Waals surface area contributed by atoms with E-state index in [1.165, 1.54) is 0 Å². The summed E-state index contributed by atoms with van der Waals surface area (Å²) >= 11 is 3.01. The van der Waals surface area contributed by atoms with Crippen LogP contribution in [0.2, 0.25) is 0 Å². The summed E-state index contributed by atoms with van der Waals surface area (Å²) in [5, 5.41) is 0.216. The fraction of sp³-hybridized carbons (Fsp3) is 0.200. The Kier molecular flexibility index (Phi) is 3.83. The van der Waals surface area contributed by atoms with E-state index in [2.05, 4.69) is 15.9 Å². The highest BCUT2D eigenvalue weighted by molar-refractivity contribution is 9.09. The van der Waals surface area contributed by atoms with Crippen LogP contribution >= 0.6 is 15.9 Å². The van der Waals surface area contributed by atoms with Gasteiger partial charge in [0.1, 0.15) is 0 Å². The predicted octanol–water partition coefficient (Wildman–Crippen LogP) is 1.81. The molecule has 0 aromatic heterocycles. The van der Waals surface area contributed by atoms with Gasteiger partial charge in [-0.3, -0.25) is 9.59 Å². The summed E-state index contributed by atoms with van der Waals surface area (Å²) in [6, 6.07) is 6.54. The number of benzene rings is 1. The van der Waals surface area contributed by atoms with Crippen molar-refractivity contribution in [2.45, 2.75) is 6.42 Å². The SMILES string of the molecule is Nc1ccc(C(=O)CC(=O)CBr)cc1. The summed E-state index contributed by atoms with van der Waals surface area (Å²) in [5.41, 5.74) is 6.60. The summed E-state index contributed by atoms with van der Waals surface area (Å²) in [4.78, 5) is 22.4. The van der Waals surface area contributed by atoms with Gasteiger partial charge < -0.3 is 5.73 Å². The third kappa shape index (κ3) is 2.96. The number of carbonyl (C=O) groups is 2. The first-order valence-corrected chi connectivity index (χ1v) is 5.22. The Bertz CT molecular complexity index is 346. The van der Waals surface area contributed by atoms with Crippen LogP contribution in [-0.2, 0) is 4.79 Å². The molecule has 14 heavy (non-hydrogen) atoms. The van der Waals surface area contributed by atoms with Crippen LogP contribution in [0, 0.1) is 0 Å². The zero-order valence-electron chi connectivity index (χ0n) is 7.50. The second-order valence-electron chi connectivity index (χ2n) is 2.89. The number of hydrogen-bond donors (Lipinski definition) is 1. The number of alkyl halides is 1. The van der Waals surface area contributed by atoms with E-state index in [9.17, 15) is 9.59 Å². The summed E-state index contributed by atoms with van der Waals surface area (Å²) in [6.45, 7) is 0. The largest absolute Gasteiger partial charge is 0.399 e. The molecule has 1 rings (SSSR count). The Morgan fingerprint density at radius 2 is 1.79 bits per heavy atom. The first-order chi connectivity index (χ1) is 6.63. The normalized spacial score (nSPS) is 9.79. The van der Waals surface area contributed by atoms with E-state index in [0.717, 1.165) is 0 Å². The van der Waals surface area contributed by atoms with Crippen molar-refractivity contribution in [1.29, 1.82) is 0 Å². The van der Waals surface area contributed by atoms with Gasteiger partial charge in [0.25, 0.3) is 0 Å². The van der Waals surface area contributed by atoms with Gasteiger partial charge >= 0.3 is 0 Å². The van der Waals surface area contributed by atoms with Gasteiger partial charge in [-0.2, -0.15) is 0 Å². The molecule has 0 heterocycles. The molecule has 1 aromatic rings. The van der Waals surface area contributed by atoms with Crippen molar-refractivity contribution in [2.24, 2.45) is 0 Å². The van der Waals surface area contributed by atoms with Crippen molar-refractivity contribution in [3.8, 4) is 0 Å². The van der Waals surface area contributed by atoms with Crippen LogP contribution in [0.5, 0.6) is 0 Å². The van der Waals surface area contributed by atoms with E-state index in [0.29, 0.717) is 11.3 Å². The van der Waals surface area contributed by atoms with Gasteiger partial charge in [0.05, 0.1) is 11.8 Å². The maximum Gasteiger partial charge on any atom is 0.170 e. The van der Waals surface area contributed by atoms with Crippen LogP contribution in [0.25, 0.3) is 0 Å². The number of rotatable bonds is 4. The average molecular weight is 256 g/mol. The van der Waals surface area contributed by atoms with E-state index in [-0.39, 0.29) is 23.3 Å². The highest BCUT2D eigenvalue weighted by Crippen LogP contribution is 2.08. The summed E-state index contributed by atoms with van der Waals surface area (Å²) in [6.07, 6.45) is -0.0603. The maximum atomic E-state index is 11.4. The van der Waals surface area contributed by atoms with E-state index in [4.69, 9.17) is 5.73 Å². The molecule has 0 bridgehead atoms. The lowest BCUT2D eigenvalue weighted by Crippen LogP contribution is -2.08. The second-order valence-corrected chi connectivity index (χ2v) is 3.46. The highest BCUT2D eigenvalue weighted by atomic mass is 79.9. The van der Waals surface area contributed by atoms with Gasteiger partial charge in [-0.25, -0.2) is 0 Å². The lowest BCUT2D eigenvalue weighted by Gasteiger charge is -1.99. The summed E-state index contributed by atoms with van der Waals surface area (Å²) < 4.78 is 0. The molecule has 0 aliphatic carbocycles. The zero-order valence-corrected chi connectivity index (χ0v) is 9.08. The lowest BCUT2D eigenvalue weighted by molar-refractivity contribution is -0.115. The number of hydrogen-bond acceptors (Lipinski definition) is 3. The van der Waals surface area contributed by atoms with Crippen LogP contribution in [0.3, 0.4) is 0 Å². The monoisotopic (exact) mass is 255 g/mol. The Labute approximate surface area is 90.4 Å². The van der Waals surface area contributed by atoms with Crippen LogP contribution in [-0.4, -0.2) is 16.9 Å². The van der Waals surface area contributed by atoms with E-state index in [1.54, 1.807) is 24.3 Å². The number of Topliss-reactive ketones (excluding diaryl/α,β-unsaturated/α-hetero) is 2. The minimum atomic E-state index is -0.172. The van der Waals surface area contributed by atoms with E-state index >= 15 is 0 Å². The molecule has 0 saturated heterocycles. The minimum Gasteiger partial charge on any atom is -0.399 e. The molecule has 0 spiro atoms. The number of halogens is 1. The molecule has 74 valence electrons. The minimum absolute atomic E-state index is 0.0603. The number of carbonyl (C=O) groups excluding carboxylic acids is 2. The first-order valence-electron chi connectivity index (χ1n) is 4.10. The summed E-state index contributed by atoms with van der Waals surface area (Å²) in [7, 11) is 0. The quantitative estimate of drug-likeness (QED) is 0.387. The van der Waals surface area contributed by atoms with Gasteiger partial charge in [0.2, 0.25) is 0 Å². The van der Waals surface area contributed by atoms with Gasteiger partial charge in [0, 0.05) is 11.3 Å². The standard InChI is InChI=1S/C10H10BrNO2/c11-6-9(13)5-10(14)7-1-3-8(12)4-2-7/h1-4H,5-6,12H2. The Morgan fingerprint density at radius 3 is 2.29 bits per heavy atom. The Hall–Kier alpha value is -1.16. The molecule has 0 saturated carbocycles. The lowest BCUT2D eigenvalue weighted by atomic mass is 10.1. The van der Waals surface area contributed by atoms with Crippen LogP contribution < -0.4 is 5.73 Å². The Balaban J connectivity index is 2.70. The van der Waals surface area contributed by atoms with Gasteiger partial charge in [-0.05, 0) is 24.3 Å². The number of nitrogen functional groups attached to an aromatic ring is 1. The van der Waals surface area contributed by atoms with Gasteiger partial charge in [-0.1, -0.05) is 15.9 Å².